The Balaban J connectivity index is 3.72. The second-order valence-corrected chi connectivity index (χ2v) is 5.46. The van der Waals surface area contributed by atoms with Crippen LogP contribution in [0.15, 0.2) is 23.3 Å². The summed E-state index contributed by atoms with van der Waals surface area (Å²) in [5, 5.41) is 0.332. The van der Waals surface area contributed by atoms with Crippen LogP contribution in [0.5, 0.6) is 0 Å². The largest absolute Gasteiger partial charge is 0.123 e. The first-order valence-electron chi connectivity index (χ1n) is 6.49. The molecule has 1 atom stereocenters. The Hall–Kier alpha value is -0.230. The monoisotopic (exact) mass is 242 g/mol. The van der Waals surface area contributed by atoms with E-state index < -0.39 is 0 Å². The standard InChI is InChI=1S/C15H27Cl/c1-5-6-10-15(16)12-11-14(4)9-7-8-13(2)3/h8,11,15H,5-7,9-10,12H2,1-4H3. The molecule has 0 heterocycles. The van der Waals surface area contributed by atoms with Crippen molar-refractivity contribution in [1.82, 2.24) is 0 Å². The number of allylic oxidation sites excluding steroid dienone is 4. The lowest BCUT2D eigenvalue weighted by molar-refractivity contribution is 0.679. The molecule has 0 bridgehead atoms. The highest BCUT2D eigenvalue weighted by Gasteiger charge is 2.01. The molecule has 1 heteroatoms. The molecule has 0 aliphatic heterocycles. The lowest BCUT2D eigenvalue weighted by atomic mass is 10.1. The molecule has 0 aromatic heterocycles. The summed E-state index contributed by atoms with van der Waals surface area (Å²) >= 11 is 6.23. The van der Waals surface area contributed by atoms with Gasteiger partial charge in [-0.1, -0.05) is 43.1 Å². The number of unbranched alkanes of at least 4 members (excludes halogenated alkanes) is 1. The normalized spacial score (nSPS) is 13.7. The zero-order valence-corrected chi connectivity index (χ0v) is 12.1. The molecule has 94 valence electrons. The lowest BCUT2D eigenvalue weighted by Crippen LogP contribution is -1.96. The van der Waals surface area contributed by atoms with E-state index >= 15 is 0 Å². The predicted octanol–water partition coefficient (Wildman–Crippen LogP) is 5.87. The summed E-state index contributed by atoms with van der Waals surface area (Å²) in [4.78, 5) is 0. The van der Waals surface area contributed by atoms with E-state index in [1.807, 2.05) is 0 Å². The third-order valence-corrected chi connectivity index (χ3v) is 3.08. The molecule has 0 saturated heterocycles. The molecule has 0 saturated carbocycles. The van der Waals surface area contributed by atoms with Crippen molar-refractivity contribution in [2.45, 2.75) is 71.6 Å². The summed E-state index contributed by atoms with van der Waals surface area (Å²) in [6.07, 6.45) is 11.6. The quantitative estimate of drug-likeness (QED) is 0.369. The average molecular weight is 243 g/mol. The second-order valence-electron chi connectivity index (χ2n) is 4.85. The summed E-state index contributed by atoms with van der Waals surface area (Å²) in [5.41, 5.74) is 2.88. The van der Waals surface area contributed by atoms with Crippen LogP contribution < -0.4 is 0 Å². The van der Waals surface area contributed by atoms with Crippen molar-refractivity contribution in [1.29, 1.82) is 0 Å². The van der Waals surface area contributed by atoms with E-state index in [0.717, 1.165) is 19.3 Å². The molecule has 0 spiro atoms. The third-order valence-electron chi connectivity index (χ3n) is 2.68. The van der Waals surface area contributed by atoms with Crippen LogP contribution in [0, 0.1) is 0 Å². The summed E-state index contributed by atoms with van der Waals surface area (Å²) in [7, 11) is 0. The highest BCUT2D eigenvalue weighted by atomic mass is 35.5. The zero-order chi connectivity index (χ0) is 12.4. The number of hydrogen-bond donors (Lipinski definition) is 0. The minimum absolute atomic E-state index is 0.332. The fraction of sp³-hybridized carbons (Fsp3) is 0.733. The zero-order valence-electron chi connectivity index (χ0n) is 11.4. The Labute approximate surface area is 107 Å². The van der Waals surface area contributed by atoms with Crippen LogP contribution in [0.4, 0.5) is 0 Å². The number of halogens is 1. The van der Waals surface area contributed by atoms with Gasteiger partial charge in [0.05, 0.1) is 0 Å². The maximum absolute atomic E-state index is 6.23. The van der Waals surface area contributed by atoms with Gasteiger partial charge in [0.15, 0.2) is 0 Å². The fourth-order valence-electron chi connectivity index (χ4n) is 1.56. The van der Waals surface area contributed by atoms with Gasteiger partial charge in [-0.25, -0.2) is 0 Å². The van der Waals surface area contributed by atoms with Crippen LogP contribution in [-0.4, -0.2) is 5.38 Å². The number of hydrogen-bond acceptors (Lipinski definition) is 0. The van der Waals surface area contributed by atoms with Gasteiger partial charge in [-0.05, 0) is 46.5 Å². The van der Waals surface area contributed by atoms with Gasteiger partial charge in [0.2, 0.25) is 0 Å². The van der Waals surface area contributed by atoms with Gasteiger partial charge >= 0.3 is 0 Å². The van der Waals surface area contributed by atoms with Crippen molar-refractivity contribution >= 4 is 11.6 Å². The minimum atomic E-state index is 0.332. The van der Waals surface area contributed by atoms with Crippen LogP contribution in [-0.2, 0) is 0 Å². The first-order valence-corrected chi connectivity index (χ1v) is 6.93. The maximum Gasteiger partial charge on any atom is 0.0370 e. The van der Waals surface area contributed by atoms with Gasteiger partial charge < -0.3 is 0 Å². The minimum Gasteiger partial charge on any atom is -0.123 e. The van der Waals surface area contributed by atoms with E-state index in [9.17, 15) is 0 Å². The van der Waals surface area contributed by atoms with Gasteiger partial charge in [-0.15, -0.1) is 11.6 Å². The number of alkyl halides is 1. The molecule has 0 nitrogen and oxygen atoms in total. The molecule has 0 radical (unpaired) electrons. The molecule has 1 unspecified atom stereocenters. The van der Waals surface area contributed by atoms with Gasteiger partial charge in [-0.3, -0.25) is 0 Å². The summed E-state index contributed by atoms with van der Waals surface area (Å²) < 4.78 is 0. The van der Waals surface area contributed by atoms with Crippen molar-refractivity contribution in [3.05, 3.63) is 23.3 Å². The van der Waals surface area contributed by atoms with E-state index in [0.29, 0.717) is 5.38 Å². The first kappa shape index (κ1) is 15.8. The SMILES string of the molecule is CCCCC(Cl)CC=C(C)CCC=C(C)C. The molecule has 0 aromatic rings. The topological polar surface area (TPSA) is 0 Å². The Bertz CT molecular complexity index is 222. The molecule has 0 amide bonds. The van der Waals surface area contributed by atoms with Crippen molar-refractivity contribution in [2.24, 2.45) is 0 Å². The van der Waals surface area contributed by atoms with Gasteiger partial charge in [0, 0.05) is 5.38 Å². The van der Waals surface area contributed by atoms with Crippen LogP contribution in [0.2, 0.25) is 0 Å². The Morgan fingerprint density at radius 3 is 2.44 bits per heavy atom. The molecule has 0 aliphatic carbocycles. The molecule has 0 aromatic carbocycles. The maximum atomic E-state index is 6.23. The first-order chi connectivity index (χ1) is 7.56. The molecule has 0 aliphatic rings. The lowest BCUT2D eigenvalue weighted by Gasteiger charge is -2.06. The highest BCUT2D eigenvalue weighted by Crippen LogP contribution is 2.15. The van der Waals surface area contributed by atoms with Crippen LogP contribution in [0.1, 0.15) is 66.2 Å². The third kappa shape index (κ3) is 10.3. The summed E-state index contributed by atoms with van der Waals surface area (Å²) in [6, 6.07) is 0. The van der Waals surface area contributed by atoms with E-state index in [2.05, 4.69) is 39.8 Å². The molecule has 0 rings (SSSR count). The molecular weight excluding hydrogens is 216 g/mol. The predicted molar refractivity (Wildman–Crippen MR) is 76.2 cm³/mol. The Morgan fingerprint density at radius 1 is 1.19 bits per heavy atom. The Kier molecular flexibility index (Phi) is 9.82. The Morgan fingerprint density at radius 2 is 1.88 bits per heavy atom. The van der Waals surface area contributed by atoms with Crippen LogP contribution in [0.3, 0.4) is 0 Å². The van der Waals surface area contributed by atoms with Gasteiger partial charge in [-0.2, -0.15) is 0 Å². The average Bonchev–Trinajstić information content (AvgIpc) is 2.23. The van der Waals surface area contributed by atoms with Crippen LogP contribution in [0.25, 0.3) is 0 Å². The highest BCUT2D eigenvalue weighted by molar-refractivity contribution is 6.20. The molecule has 0 fully saturated rings. The van der Waals surface area contributed by atoms with E-state index in [-0.39, 0.29) is 0 Å². The van der Waals surface area contributed by atoms with Crippen molar-refractivity contribution < 1.29 is 0 Å². The van der Waals surface area contributed by atoms with E-state index in [4.69, 9.17) is 11.6 Å². The second kappa shape index (κ2) is 9.96. The molecule has 0 N–H and O–H groups in total. The van der Waals surface area contributed by atoms with Crippen molar-refractivity contribution in [3.8, 4) is 0 Å². The summed E-state index contributed by atoms with van der Waals surface area (Å²) in [6.45, 7) is 8.73. The smallest absolute Gasteiger partial charge is 0.0370 e. The van der Waals surface area contributed by atoms with Gasteiger partial charge in [0.1, 0.15) is 0 Å². The van der Waals surface area contributed by atoms with E-state index in [1.165, 1.54) is 30.4 Å². The van der Waals surface area contributed by atoms with Crippen molar-refractivity contribution in [2.75, 3.05) is 0 Å². The summed E-state index contributed by atoms with van der Waals surface area (Å²) in [5.74, 6) is 0. The van der Waals surface area contributed by atoms with Gasteiger partial charge in [0.25, 0.3) is 0 Å². The van der Waals surface area contributed by atoms with Crippen molar-refractivity contribution in [3.63, 3.8) is 0 Å². The molecular formula is C15H27Cl. The molecule has 16 heavy (non-hydrogen) atoms. The van der Waals surface area contributed by atoms with Crippen LogP contribution >= 0.6 is 11.6 Å². The van der Waals surface area contributed by atoms with E-state index in [1.54, 1.807) is 0 Å². The fourth-order valence-corrected chi connectivity index (χ4v) is 1.81. The number of rotatable bonds is 8.